The van der Waals surface area contributed by atoms with Gasteiger partial charge in [0.05, 0.1) is 11.5 Å². The minimum atomic E-state index is -0.113. The van der Waals surface area contributed by atoms with Gasteiger partial charge in [0.2, 0.25) is 5.91 Å². The smallest absolute Gasteiger partial charge is 0.228 e. The summed E-state index contributed by atoms with van der Waals surface area (Å²) in [5.74, 6) is 0.381. The van der Waals surface area contributed by atoms with Gasteiger partial charge in [0, 0.05) is 19.7 Å². The van der Waals surface area contributed by atoms with Gasteiger partial charge in [-0.25, -0.2) is 0 Å². The number of rotatable bonds is 5. The zero-order valence-corrected chi connectivity index (χ0v) is 13.1. The summed E-state index contributed by atoms with van der Waals surface area (Å²) in [5.41, 5.74) is -0.113. The van der Waals surface area contributed by atoms with E-state index in [1.54, 1.807) is 0 Å². The third kappa shape index (κ3) is 3.53. The van der Waals surface area contributed by atoms with Crippen LogP contribution in [0.2, 0.25) is 0 Å². The van der Waals surface area contributed by atoms with E-state index in [0.717, 1.165) is 71.3 Å². The highest BCUT2D eigenvalue weighted by atomic mass is 16.5. The summed E-state index contributed by atoms with van der Waals surface area (Å²) in [7, 11) is 0. The molecule has 4 nitrogen and oxygen atoms in total. The van der Waals surface area contributed by atoms with E-state index in [4.69, 9.17) is 4.74 Å². The first kappa shape index (κ1) is 15.8. The first-order chi connectivity index (χ1) is 9.72. The van der Waals surface area contributed by atoms with E-state index in [1.807, 2.05) is 0 Å². The van der Waals surface area contributed by atoms with E-state index in [2.05, 4.69) is 24.1 Å². The predicted octanol–water partition coefficient (Wildman–Crippen LogP) is 2.18. The highest BCUT2D eigenvalue weighted by Gasteiger charge is 2.41. The number of ether oxygens (including phenoxy) is 1. The molecule has 20 heavy (non-hydrogen) atoms. The maximum Gasteiger partial charge on any atom is 0.228 e. The quantitative estimate of drug-likeness (QED) is 0.840. The van der Waals surface area contributed by atoms with Gasteiger partial charge in [0.25, 0.3) is 0 Å². The van der Waals surface area contributed by atoms with Crippen LogP contribution in [0.15, 0.2) is 0 Å². The lowest BCUT2D eigenvalue weighted by molar-refractivity contribution is -0.148. The molecule has 2 saturated heterocycles. The summed E-state index contributed by atoms with van der Waals surface area (Å²) in [4.78, 5) is 15.1. The van der Waals surface area contributed by atoms with Gasteiger partial charge >= 0.3 is 0 Å². The molecule has 0 radical (unpaired) electrons. The third-order valence-electron chi connectivity index (χ3n) is 4.91. The van der Waals surface area contributed by atoms with Gasteiger partial charge in [-0.3, -0.25) is 4.79 Å². The number of hydrogen-bond acceptors (Lipinski definition) is 3. The van der Waals surface area contributed by atoms with E-state index in [0.29, 0.717) is 5.91 Å². The Bertz CT molecular complexity index is 314. The van der Waals surface area contributed by atoms with Gasteiger partial charge in [0.1, 0.15) is 0 Å². The van der Waals surface area contributed by atoms with Gasteiger partial charge in [-0.1, -0.05) is 13.8 Å². The van der Waals surface area contributed by atoms with Crippen LogP contribution >= 0.6 is 0 Å². The largest absolute Gasteiger partial charge is 0.376 e. The van der Waals surface area contributed by atoms with E-state index >= 15 is 0 Å². The summed E-state index contributed by atoms with van der Waals surface area (Å²) in [6.07, 6.45) is 6.42. The molecule has 0 aromatic rings. The van der Waals surface area contributed by atoms with Crippen molar-refractivity contribution in [2.45, 2.75) is 58.5 Å². The van der Waals surface area contributed by atoms with Crippen molar-refractivity contribution in [1.82, 2.24) is 10.2 Å². The first-order valence-corrected chi connectivity index (χ1v) is 8.33. The van der Waals surface area contributed by atoms with Crippen LogP contribution in [0.1, 0.15) is 52.4 Å². The number of carbonyl (C=O) groups excluding carboxylic acids is 1. The van der Waals surface area contributed by atoms with Crippen LogP contribution in [-0.2, 0) is 9.53 Å². The van der Waals surface area contributed by atoms with Crippen molar-refractivity contribution >= 4 is 5.91 Å². The van der Waals surface area contributed by atoms with Crippen molar-refractivity contribution in [3.63, 3.8) is 0 Å². The number of carbonyl (C=O) groups is 1. The molecule has 1 N–H and O–H groups in total. The van der Waals surface area contributed by atoms with Crippen molar-refractivity contribution in [1.29, 1.82) is 0 Å². The topological polar surface area (TPSA) is 41.6 Å². The van der Waals surface area contributed by atoms with Gasteiger partial charge in [-0.15, -0.1) is 0 Å². The monoisotopic (exact) mass is 282 g/mol. The van der Waals surface area contributed by atoms with Crippen molar-refractivity contribution in [3.05, 3.63) is 0 Å². The van der Waals surface area contributed by atoms with E-state index < -0.39 is 0 Å². The van der Waals surface area contributed by atoms with Crippen molar-refractivity contribution in [3.8, 4) is 0 Å². The number of nitrogens with one attached hydrogen (secondary N) is 1. The molecule has 2 fully saturated rings. The Morgan fingerprint density at radius 2 is 2.10 bits per heavy atom. The number of hydrogen-bond donors (Lipinski definition) is 1. The van der Waals surface area contributed by atoms with Crippen LogP contribution in [0.3, 0.4) is 0 Å². The van der Waals surface area contributed by atoms with Gasteiger partial charge in [-0.05, 0) is 51.6 Å². The summed E-state index contributed by atoms with van der Waals surface area (Å²) >= 11 is 0. The Morgan fingerprint density at radius 1 is 1.35 bits per heavy atom. The maximum atomic E-state index is 13.0. The van der Waals surface area contributed by atoms with Crippen molar-refractivity contribution in [2.24, 2.45) is 5.41 Å². The molecule has 1 atom stereocenters. The molecule has 0 aromatic heterocycles. The summed E-state index contributed by atoms with van der Waals surface area (Å²) in [6.45, 7) is 8.78. The molecule has 1 amide bonds. The lowest BCUT2D eigenvalue weighted by Crippen LogP contribution is -2.52. The van der Waals surface area contributed by atoms with E-state index in [1.165, 1.54) is 0 Å². The van der Waals surface area contributed by atoms with Crippen LogP contribution in [0, 0.1) is 5.41 Å². The Kier molecular flexibility index (Phi) is 5.85. The molecule has 0 saturated carbocycles. The Labute approximate surface area is 123 Å². The molecular formula is C16H30N2O2. The Morgan fingerprint density at radius 3 is 2.75 bits per heavy atom. The third-order valence-corrected chi connectivity index (χ3v) is 4.91. The van der Waals surface area contributed by atoms with Gasteiger partial charge < -0.3 is 15.0 Å². The van der Waals surface area contributed by atoms with Gasteiger partial charge in [0.15, 0.2) is 0 Å². The van der Waals surface area contributed by atoms with Crippen LogP contribution in [-0.4, -0.2) is 49.7 Å². The maximum absolute atomic E-state index is 13.0. The molecule has 2 aliphatic rings. The number of amides is 1. The van der Waals surface area contributed by atoms with Crippen molar-refractivity contribution < 1.29 is 9.53 Å². The average Bonchev–Trinajstić information content (AvgIpc) is 2.53. The molecule has 4 heteroatoms. The number of likely N-dealkylation sites (tertiary alicyclic amines) is 1. The van der Waals surface area contributed by atoms with Gasteiger partial charge in [-0.2, -0.15) is 0 Å². The van der Waals surface area contributed by atoms with Crippen molar-refractivity contribution in [2.75, 3.05) is 32.8 Å². The fourth-order valence-electron chi connectivity index (χ4n) is 3.50. The van der Waals surface area contributed by atoms with Crippen LogP contribution in [0.25, 0.3) is 0 Å². The Hall–Kier alpha value is -0.610. The normalized spacial score (nSPS) is 26.5. The second kappa shape index (κ2) is 7.41. The molecule has 2 heterocycles. The zero-order chi connectivity index (χ0) is 14.4. The average molecular weight is 282 g/mol. The fourth-order valence-corrected chi connectivity index (χ4v) is 3.50. The van der Waals surface area contributed by atoms with E-state index in [-0.39, 0.29) is 11.5 Å². The molecule has 0 aliphatic carbocycles. The summed E-state index contributed by atoms with van der Waals surface area (Å²) < 4.78 is 5.86. The SMILES string of the molecule is CCCOC1CCCN(C(=O)C2(CC)CCNCC2)C1. The predicted molar refractivity (Wildman–Crippen MR) is 80.7 cm³/mol. The molecule has 116 valence electrons. The zero-order valence-electron chi connectivity index (χ0n) is 13.1. The first-order valence-electron chi connectivity index (χ1n) is 8.33. The number of nitrogens with zero attached hydrogens (tertiary/aromatic N) is 1. The minimum absolute atomic E-state index is 0.113. The molecule has 1 unspecified atom stereocenters. The molecule has 2 aliphatic heterocycles. The summed E-state index contributed by atoms with van der Waals surface area (Å²) in [6, 6.07) is 0. The highest BCUT2D eigenvalue weighted by Crippen LogP contribution is 2.35. The number of piperidine rings is 2. The van der Waals surface area contributed by atoms with E-state index in [9.17, 15) is 4.79 Å². The second-order valence-corrected chi connectivity index (χ2v) is 6.27. The molecule has 0 spiro atoms. The standard InChI is InChI=1S/C16H30N2O2/c1-3-12-20-14-6-5-11-18(13-14)15(19)16(4-2)7-9-17-10-8-16/h14,17H,3-13H2,1-2H3. The lowest BCUT2D eigenvalue weighted by Gasteiger charge is -2.42. The summed E-state index contributed by atoms with van der Waals surface area (Å²) in [5, 5.41) is 3.37. The Balaban J connectivity index is 1.96. The minimum Gasteiger partial charge on any atom is -0.376 e. The molecule has 0 bridgehead atoms. The second-order valence-electron chi connectivity index (χ2n) is 6.27. The van der Waals surface area contributed by atoms with Crippen LogP contribution in [0.4, 0.5) is 0 Å². The lowest BCUT2D eigenvalue weighted by atomic mass is 9.75. The molecular weight excluding hydrogens is 252 g/mol. The fraction of sp³-hybridized carbons (Fsp3) is 0.938. The molecule has 2 rings (SSSR count). The molecule has 0 aromatic carbocycles. The highest BCUT2D eigenvalue weighted by molar-refractivity contribution is 5.83. The van der Waals surface area contributed by atoms with Crippen LogP contribution < -0.4 is 5.32 Å². The van der Waals surface area contributed by atoms with Crippen LogP contribution in [0.5, 0.6) is 0 Å².